The summed E-state index contributed by atoms with van der Waals surface area (Å²) < 4.78 is 11.7. The van der Waals surface area contributed by atoms with Crippen LogP contribution in [0.25, 0.3) is 0 Å². The zero-order valence-electron chi connectivity index (χ0n) is 12.1. The summed E-state index contributed by atoms with van der Waals surface area (Å²) in [5, 5.41) is 3.48. The average molecular weight is 271 g/mol. The smallest absolute Gasteiger partial charge is 0.146 e. The first-order valence-electron chi connectivity index (χ1n) is 7.22. The highest BCUT2D eigenvalue weighted by Crippen LogP contribution is 2.22. The Hall–Kier alpha value is -1.74. The van der Waals surface area contributed by atoms with Crippen LogP contribution in [0.15, 0.2) is 34.7 Å². The monoisotopic (exact) mass is 271 g/mol. The van der Waals surface area contributed by atoms with Gasteiger partial charge in [-0.15, -0.1) is 0 Å². The molecule has 1 aliphatic rings. The maximum atomic E-state index is 5.87. The van der Waals surface area contributed by atoms with Gasteiger partial charge in [0.05, 0.1) is 6.54 Å². The van der Waals surface area contributed by atoms with Crippen molar-refractivity contribution in [2.24, 2.45) is 0 Å². The Balaban J connectivity index is 1.59. The van der Waals surface area contributed by atoms with Crippen molar-refractivity contribution in [3.8, 4) is 5.75 Å². The number of hydrogen-bond acceptors (Lipinski definition) is 3. The summed E-state index contributed by atoms with van der Waals surface area (Å²) in [7, 11) is 0. The standard InChI is InChI=1S/C17H21NO2/c1-12-5-3-4-6-16(12)19-11-15-9-13(2)17(20-15)10-18-14-7-8-14/h3-6,9,14,18H,7-8,10-11H2,1-2H3. The zero-order chi connectivity index (χ0) is 13.9. The van der Waals surface area contributed by atoms with E-state index in [0.29, 0.717) is 12.6 Å². The fourth-order valence-corrected chi connectivity index (χ4v) is 2.23. The third-order valence-corrected chi connectivity index (χ3v) is 3.66. The lowest BCUT2D eigenvalue weighted by molar-refractivity contribution is 0.263. The number of benzene rings is 1. The molecular formula is C17H21NO2. The van der Waals surface area contributed by atoms with E-state index in [1.165, 1.54) is 18.4 Å². The highest BCUT2D eigenvalue weighted by Gasteiger charge is 2.21. The van der Waals surface area contributed by atoms with Crippen LogP contribution in [0.3, 0.4) is 0 Å². The number of furan rings is 1. The molecule has 1 aliphatic carbocycles. The van der Waals surface area contributed by atoms with Crippen LogP contribution in [0.4, 0.5) is 0 Å². The minimum absolute atomic E-state index is 0.481. The van der Waals surface area contributed by atoms with E-state index >= 15 is 0 Å². The van der Waals surface area contributed by atoms with Crippen LogP contribution in [0.2, 0.25) is 0 Å². The van der Waals surface area contributed by atoms with Gasteiger partial charge in [0.25, 0.3) is 0 Å². The molecule has 106 valence electrons. The third-order valence-electron chi connectivity index (χ3n) is 3.66. The Morgan fingerprint density at radius 2 is 2.00 bits per heavy atom. The summed E-state index contributed by atoms with van der Waals surface area (Å²) in [6.07, 6.45) is 2.59. The van der Waals surface area contributed by atoms with E-state index in [0.717, 1.165) is 29.4 Å². The molecule has 0 atom stereocenters. The number of rotatable bonds is 6. The van der Waals surface area contributed by atoms with Crippen LogP contribution >= 0.6 is 0 Å². The molecule has 1 heterocycles. The molecule has 1 aromatic heterocycles. The van der Waals surface area contributed by atoms with E-state index in [4.69, 9.17) is 9.15 Å². The highest BCUT2D eigenvalue weighted by atomic mass is 16.5. The lowest BCUT2D eigenvalue weighted by Crippen LogP contribution is -2.15. The second-order valence-electron chi connectivity index (χ2n) is 5.53. The Morgan fingerprint density at radius 1 is 1.20 bits per heavy atom. The van der Waals surface area contributed by atoms with Gasteiger partial charge in [-0.1, -0.05) is 18.2 Å². The first kappa shape index (κ1) is 13.3. The van der Waals surface area contributed by atoms with Crippen molar-refractivity contribution >= 4 is 0 Å². The third kappa shape index (κ3) is 3.23. The van der Waals surface area contributed by atoms with Gasteiger partial charge in [0.15, 0.2) is 0 Å². The SMILES string of the molecule is Cc1ccccc1OCc1cc(C)c(CNC2CC2)o1. The predicted molar refractivity (Wildman–Crippen MR) is 78.8 cm³/mol. The van der Waals surface area contributed by atoms with E-state index < -0.39 is 0 Å². The molecule has 0 aliphatic heterocycles. The minimum Gasteiger partial charge on any atom is -0.485 e. The average Bonchev–Trinajstić information content (AvgIpc) is 3.20. The van der Waals surface area contributed by atoms with Gasteiger partial charge in [0.1, 0.15) is 23.9 Å². The van der Waals surface area contributed by atoms with Crippen LogP contribution in [0.1, 0.15) is 35.5 Å². The van der Waals surface area contributed by atoms with Crippen molar-refractivity contribution < 1.29 is 9.15 Å². The molecule has 20 heavy (non-hydrogen) atoms. The van der Waals surface area contributed by atoms with Crippen molar-refractivity contribution in [2.75, 3.05) is 0 Å². The highest BCUT2D eigenvalue weighted by molar-refractivity contribution is 5.32. The maximum absolute atomic E-state index is 5.87. The second-order valence-corrected chi connectivity index (χ2v) is 5.53. The molecule has 3 nitrogen and oxygen atoms in total. The lowest BCUT2D eigenvalue weighted by Gasteiger charge is -2.06. The van der Waals surface area contributed by atoms with Crippen LogP contribution in [0.5, 0.6) is 5.75 Å². The van der Waals surface area contributed by atoms with Crippen molar-refractivity contribution in [1.29, 1.82) is 0 Å². The summed E-state index contributed by atoms with van der Waals surface area (Å²) in [5.74, 6) is 2.83. The molecule has 1 fully saturated rings. The molecule has 0 saturated heterocycles. The quantitative estimate of drug-likeness (QED) is 0.869. The van der Waals surface area contributed by atoms with Gasteiger partial charge in [0.2, 0.25) is 0 Å². The number of hydrogen-bond donors (Lipinski definition) is 1. The topological polar surface area (TPSA) is 34.4 Å². The molecule has 3 heteroatoms. The van der Waals surface area contributed by atoms with Crippen molar-refractivity contribution in [2.45, 2.75) is 45.9 Å². The fourth-order valence-electron chi connectivity index (χ4n) is 2.23. The van der Waals surface area contributed by atoms with Gasteiger partial charge in [0, 0.05) is 6.04 Å². The molecule has 3 rings (SSSR count). The summed E-state index contributed by atoms with van der Waals surface area (Å²) in [5.41, 5.74) is 2.34. The maximum Gasteiger partial charge on any atom is 0.146 e. The molecule has 0 radical (unpaired) electrons. The Bertz CT molecular complexity index is 584. The summed E-state index contributed by atoms with van der Waals surface area (Å²) >= 11 is 0. The molecular weight excluding hydrogens is 250 g/mol. The van der Waals surface area contributed by atoms with E-state index in [1.54, 1.807) is 0 Å². The Morgan fingerprint density at radius 3 is 2.75 bits per heavy atom. The Labute approximate surface area is 119 Å². The lowest BCUT2D eigenvalue weighted by atomic mass is 10.2. The molecule has 0 bridgehead atoms. The van der Waals surface area contributed by atoms with Crippen molar-refractivity contribution in [3.63, 3.8) is 0 Å². The normalized spacial score (nSPS) is 14.5. The van der Waals surface area contributed by atoms with Gasteiger partial charge in [-0.3, -0.25) is 0 Å². The largest absolute Gasteiger partial charge is 0.485 e. The first-order valence-corrected chi connectivity index (χ1v) is 7.22. The fraction of sp³-hybridized carbons (Fsp3) is 0.412. The molecule has 1 aromatic carbocycles. The van der Waals surface area contributed by atoms with E-state index in [1.807, 2.05) is 31.2 Å². The number of nitrogens with one attached hydrogen (secondary N) is 1. The molecule has 1 saturated carbocycles. The van der Waals surface area contributed by atoms with E-state index in [9.17, 15) is 0 Å². The van der Waals surface area contributed by atoms with E-state index in [2.05, 4.69) is 18.3 Å². The van der Waals surface area contributed by atoms with Crippen LogP contribution in [-0.2, 0) is 13.2 Å². The molecule has 1 N–H and O–H groups in total. The predicted octanol–water partition coefficient (Wildman–Crippen LogP) is 3.73. The van der Waals surface area contributed by atoms with Gasteiger partial charge < -0.3 is 14.5 Å². The summed E-state index contributed by atoms with van der Waals surface area (Å²) in [6, 6.07) is 10.8. The van der Waals surface area contributed by atoms with Crippen molar-refractivity contribution in [1.82, 2.24) is 5.32 Å². The first-order chi connectivity index (χ1) is 9.72. The van der Waals surface area contributed by atoms with Gasteiger partial charge >= 0.3 is 0 Å². The molecule has 0 amide bonds. The number of aryl methyl sites for hydroxylation is 2. The van der Waals surface area contributed by atoms with Crippen LogP contribution in [-0.4, -0.2) is 6.04 Å². The van der Waals surface area contributed by atoms with Gasteiger partial charge in [-0.2, -0.15) is 0 Å². The van der Waals surface area contributed by atoms with Crippen LogP contribution in [0, 0.1) is 13.8 Å². The summed E-state index contributed by atoms with van der Waals surface area (Å²) in [6.45, 7) is 5.44. The van der Waals surface area contributed by atoms with Gasteiger partial charge in [-0.25, -0.2) is 0 Å². The van der Waals surface area contributed by atoms with Gasteiger partial charge in [-0.05, 0) is 49.9 Å². The molecule has 2 aromatic rings. The molecule has 0 spiro atoms. The number of para-hydroxylation sites is 1. The van der Waals surface area contributed by atoms with E-state index in [-0.39, 0.29) is 0 Å². The van der Waals surface area contributed by atoms with Crippen molar-refractivity contribution in [3.05, 3.63) is 53.0 Å². The minimum atomic E-state index is 0.481. The second kappa shape index (κ2) is 5.71. The molecule has 0 unspecified atom stereocenters. The Kier molecular flexibility index (Phi) is 3.79. The van der Waals surface area contributed by atoms with Crippen LogP contribution < -0.4 is 10.1 Å². The summed E-state index contributed by atoms with van der Waals surface area (Å²) in [4.78, 5) is 0. The zero-order valence-corrected chi connectivity index (χ0v) is 12.1. The number of ether oxygens (including phenoxy) is 1.